The highest BCUT2D eigenvalue weighted by Crippen LogP contribution is 2.21. The Hall–Kier alpha value is -3.94. The van der Waals surface area contributed by atoms with E-state index in [-0.39, 0.29) is 11.5 Å². The molecule has 1 N–H and O–H groups in total. The fourth-order valence-electron chi connectivity index (χ4n) is 3.16. The Labute approximate surface area is 178 Å². The van der Waals surface area contributed by atoms with Crippen LogP contribution in [0.2, 0.25) is 0 Å². The third-order valence-electron chi connectivity index (χ3n) is 4.67. The summed E-state index contributed by atoms with van der Waals surface area (Å²) in [5.41, 5.74) is 1.82. The van der Waals surface area contributed by atoms with E-state index in [0.29, 0.717) is 48.7 Å². The average Bonchev–Trinajstić information content (AvgIpc) is 3.23. The van der Waals surface area contributed by atoms with Gasteiger partial charge in [-0.15, -0.1) is 0 Å². The van der Waals surface area contributed by atoms with E-state index in [4.69, 9.17) is 9.47 Å². The molecule has 0 aliphatic heterocycles. The topological polar surface area (TPSA) is 99.1 Å². The van der Waals surface area contributed by atoms with Crippen LogP contribution in [0, 0.1) is 0 Å². The van der Waals surface area contributed by atoms with Gasteiger partial charge in [0.25, 0.3) is 5.56 Å². The normalized spacial score (nSPS) is 10.9. The standard InChI is InChI=1S/C23H22N4O4/c1-2-30-20(28)9-6-14-31-18-12-10-16(11-13-18)21-25-22-19(23(29)26-21)15-24-27(22)17-7-4-3-5-8-17/h3-5,7-8,10-13,15H,2,6,9,14H2,1H3,(H,25,26,29). The lowest BCUT2D eigenvalue weighted by Crippen LogP contribution is -2.10. The first-order valence-corrected chi connectivity index (χ1v) is 10.1. The highest BCUT2D eigenvalue weighted by molar-refractivity contribution is 5.77. The van der Waals surface area contributed by atoms with E-state index in [2.05, 4.69) is 15.1 Å². The van der Waals surface area contributed by atoms with Crippen molar-refractivity contribution in [2.45, 2.75) is 19.8 Å². The monoisotopic (exact) mass is 418 g/mol. The van der Waals surface area contributed by atoms with E-state index in [0.717, 1.165) is 11.3 Å². The molecule has 0 atom stereocenters. The second-order valence-corrected chi connectivity index (χ2v) is 6.83. The number of aromatic amines is 1. The van der Waals surface area contributed by atoms with Gasteiger partial charge in [-0.3, -0.25) is 9.59 Å². The number of hydrogen-bond acceptors (Lipinski definition) is 6. The zero-order valence-electron chi connectivity index (χ0n) is 17.1. The van der Waals surface area contributed by atoms with Crippen LogP contribution in [0.3, 0.4) is 0 Å². The van der Waals surface area contributed by atoms with Crippen LogP contribution in [0.4, 0.5) is 0 Å². The van der Waals surface area contributed by atoms with Crippen LogP contribution in [0.15, 0.2) is 65.6 Å². The number of nitrogens with one attached hydrogen (secondary N) is 1. The van der Waals surface area contributed by atoms with Gasteiger partial charge in [0.1, 0.15) is 17.0 Å². The number of esters is 1. The predicted octanol–water partition coefficient (Wildman–Crippen LogP) is 3.50. The number of carbonyl (C=O) groups is 1. The molecule has 31 heavy (non-hydrogen) atoms. The Balaban J connectivity index is 1.51. The summed E-state index contributed by atoms with van der Waals surface area (Å²) in [4.78, 5) is 31.4. The molecule has 8 nitrogen and oxygen atoms in total. The zero-order valence-corrected chi connectivity index (χ0v) is 17.1. The van der Waals surface area contributed by atoms with Crippen molar-refractivity contribution in [2.75, 3.05) is 13.2 Å². The minimum atomic E-state index is -0.249. The van der Waals surface area contributed by atoms with Crippen molar-refractivity contribution >= 4 is 17.0 Å². The average molecular weight is 418 g/mol. The van der Waals surface area contributed by atoms with E-state index in [9.17, 15) is 9.59 Å². The first-order valence-electron chi connectivity index (χ1n) is 10.1. The first kappa shape index (κ1) is 20.3. The molecule has 0 bridgehead atoms. The third-order valence-corrected chi connectivity index (χ3v) is 4.67. The van der Waals surface area contributed by atoms with E-state index < -0.39 is 0 Å². The summed E-state index contributed by atoms with van der Waals surface area (Å²) in [5.74, 6) is 0.899. The van der Waals surface area contributed by atoms with Crippen molar-refractivity contribution in [3.63, 3.8) is 0 Å². The maximum atomic E-state index is 12.5. The van der Waals surface area contributed by atoms with Gasteiger partial charge in [0.05, 0.1) is 25.1 Å². The molecule has 0 aliphatic carbocycles. The number of fused-ring (bicyclic) bond motifs is 1. The molecule has 0 saturated carbocycles. The number of nitrogens with zero attached hydrogens (tertiary/aromatic N) is 3. The Morgan fingerprint density at radius 2 is 1.87 bits per heavy atom. The van der Waals surface area contributed by atoms with Crippen molar-refractivity contribution in [3.05, 3.63) is 71.1 Å². The Morgan fingerprint density at radius 1 is 1.10 bits per heavy atom. The van der Waals surface area contributed by atoms with Gasteiger partial charge in [0, 0.05) is 12.0 Å². The van der Waals surface area contributed by atoms with Gasteiger partial charge in [-0.05, 0) is 49.7 Å². The van der Waals surface area contributed by atoms with E-state index in [1.54, 1.807) is 23.7 Å². The molecule has 4 aromatic rings. The summed E-state index contributed by atoms with van der Waals surface area (Å²) in [5, 5.41) is 4.75. The summed E-state index contributed by atoms with van der Waals surface area (Å²) in [7, 11) is 0. The second-order valence-electron chi connectivity index (χ2n) is 6.83. The molecule has 0 spiro atoms. The number of aromatic nitrogens is 4. The van der Waals surface area contributed by atoms with Crippen LogP contribution in [0.5, 0.6) is 5.75 Å². The fraction of sp³-hybridized carbons (Fsp3) is 0.217. The lowest BCUT2D eigenvalue weighted by atomic mass is 10.2. The third kappa shape index (κ3) is 4.63. The molecule has 2 heterocycles. The molecular formula is C23H22N4O4. The summed E-state index contributed by atoms with van der Waals surface area (Å²) in [6, 6.07) is 16.8. The smallest absolute Gasteiger partial charge is 0.305 e. The van der Waals surface area contributed by atoms with Gasteiger partial charge in [-0.1, -0.05) is 18.2 Å². The van der Waals surface area contributed by atoms with Crippen LogP contribution >= 0.6 is 0 Å². The van der Waals surface area contributed by atoms with E-state index in [1.807, 2.05) is 42.5 Å². The number of hydrogen-bond donors (Lipinski definition) is 1. The van der Waals surface area contributed by atoms with Crippen molar-refractivity contribution < 1.29 is 14.3 Å². The molecule has 0 fully saturated rings. The minimum absolute atomic E-state index is 0.221. The Kier molecular flexibility index (Phi) is 6.07. The lowest BCUT2D eigenvalue weighted by Gasteiger charge is -2.08. The van der Waals surface area contributed by atoms with Crippen molar-refractivity contribution in [1.29, 1.82) is 0 Å². The van der Waals surface area contributed by atoms with Crippen molar-refractivity contribution in [2.24, 2.45) is 0 Å². The SMILES string of the molecule is CCOC(=O)CCCOc1ccc(-c2nc3c(cnn3-c3ccccc3)c(=O)[nH]2)cc1. The van der Waals surface area contributed by atoms with Crippen LogP contribution < -0.4 is 10.3 Å². The van der Waals surface area contributed by atoms with Crippen LogP contribution in [0.1, 0.15) is 19.8 Å². The maximum Gasteiger partial charge on any atom is 0.305 e. The van der Waals surface area contributed by atoms with E-state index >= 15 is 0 Å². The predicted molar refractivity (Wildman–Crippen MR) is 116 cm³/mol. The number of ether oxygens (including phenoxy) is 2. The molecule has 4 rings (SSSR count). The quantitative estimate of drug-likeness (QED) is 0.347. The Bertz CT molecular complexity index is 1230. The van der Waals surface area contributed by atoms with E-state index in [1.165, 1.54) is 6.20 Å². The van der Waals surface area contributed by atoms with Crippen molar-refractivity contribution in [1.82, 2.24) is 19.7 Å². The molecule has 0 amide bonds. The molecule has 0 aliphatic rings. The lowest BCUT2D eigenvalue weighted by molar-refractivity contribution is -0.143. The zero-order chi connectivity index (χ0) is 21.6. The van der Waals surface area contributed by atoms with Gasteiger partial charge >= 0.3 is 5.97 Å². The summed E-state index contributed by atoms with van der Waals surface area (Å²) >= 11 is 0. The van der Waals surface area contributed by atoms with Gasteiger partial charge in [-0.25, -0.2) is 9.67 Å². The molecule has 0 radical (unpaired) electrons. The summed E-state index contributed by atoms with van der Waals surface area (Å²) in [6.07, 6.45) is 2.42. The number of rotatable bonds is 8. The van der Waals surface area contributed by atoms with Crippen LogP contribution in [-0.2, 0) is 9.53 Å². The minimum Gasteiger partial charge on any atom is -0.494 e. The first-order chi connectivity index (χ1) is 15.2. The molecule has 8 heteroatoms. The molecule has 158 valence electrons. The molecule has 0 unspecified atom stereocenters. The van der Waals surface area contributed by atoms with Gasteiger partial charge in [-0.2, -0.15) is 5.10 Å². The summed E-state index contributed by atoms with van der Waals surface area (Å²) in [6.45, 7) is 2.58. The number of benzene rings is 2. The maximum absolute atomic E-state index is 12.5. The highest BCUT2D eigenvalue weighted by Gasteiger charge is 2.12. The molecule has 2 aromatic carbocycles. The van der Waals surface area contributed by atoms with Gasteiger partial charge in [0.2, 0.25) is 0 Å². The van der Waals surface area contributed by atoms with Crippen LogP contribution in [-0.4, -0.2) is 38.9 Å². The van der Waals surface area contributed by atoms with Crippen LogP contribution in [0.25, 0.3) is 28.1 Å². The molecular weight excluding hydrogens is 396 g/mol. The summed E-state index contributed by atoms with van der Waals surface area (Å²) < 4.78 is 12.2. The fourth-order valence-corrected chi connectivity index (χ4v) is 3.16. The largest absolute Gasteiger partial charge is 0.494 e. The van der Waals surface area contributed by atoms with Crippen molar-refractivity contribution in [3.8, 4) is 22.8 Å². The number of para-hydroxylation sites is 1. The number of H-pyrrole nitrogens is 1. The highest BCUT2D eigenvalue weighted by atomic mass is 16.5. The van der Waals surface area contributed by atoms with Gasteiger partial charge in [0.15, 0.2) is 5.65 Å². The Morgan fingerprint density at radius 3 is 2.61 bits per heavy atom. The number of carbonyl (C=O) groups excluding carboxylic acids is 1. The molecule has 0 saturated heterocycles. The molecule has 2 aromatic heterocycles. The second kappa shape index (κ2) is 9.25. The van der Waals surface area contributed by atoms with Gasteiger partial charge < -0.3 is 14.5 Å².